The molecule has 1 amide bonds. The second kappa shape index (κ2) is 5.90. The minimum atomic E-state index is -0.268. The molecule has 0 radical (unpaired) electrons. The molecule has 5 heteroatoms. The SMILES string of the molecule is O=C1OCCN1/C=C/CNc1ccccc1I. The van der Waals surface area contributed by atoms with Crippen LogP contribution in [0.4, 0.5) is 10.5 Å². The number of para-hydroxylation sites is 1. The van der Waals surface area contributed by atoms with Crippen LogP contribution in [0.15, 0.2) is 36.5 Å². The van der Waals surface area contributed by atoms with Gasteiger partial charge in [-0.2, -0.15) is 0 Å². The van der Waals surface area contributed by atoms with Crippen LogP contribution in [0.5, 0.6) is 0 Å². The number of rotatable bonds is 4. The van der Waals surface area contributed by atoms with E-state index in [1.165, 1.54) is 3.57 Å². The molecule has 0 spiro atoms. The Kier molecular flexibility index (Phi) is 4.24. The monoisotopic (exact) mass is 344 g/mol. The minimum absolute atomic E-state index is 0.268. The van der Waals surface area contributed by atoms with E-state index in [1.807, 2.05) is 30.3 Å². The summed E-state index contributed by atoms with van der Waals surface area (Å²) >= 11 is 2.28. The van der Waals surface area contributed by atoms with Gasteiger partial charge in [0.05, 0.1) is 6.54 Å². The summed E-state index contributed by atoms with van der Waals surface area (Å²) in [4.78, 5) is 12.7. The molecule has 1 aromatic carbocycles. The zero-order valence-electron chi connectivity index (χ0n) is 9.23. The fourth-order valence-electron chi connectivity index (χ4n) is 1.49. The second-order valence-electron chi connectivity index (χ2n) is 3.55. The van der Waals surface area contributed by atoms with Crippen molar-refractivity contribution in [3.63, 3.8) is 0 Å². The fourth-order valence-corrected chi connectivity index (χ4v) is 2.07. The summed E-state index contributed by atoms with van der Waals surface area (Å²) in [5, 5.41) is 3.28. The molecule has 17 heavy (non-hydrogen) atoms. The molecule has 1 saturated heterocycles. The highest BCUT2D eigenvalue weighted by Gasteiger charge is 2.18. The Balaban J connectivity index is 1.81. The molecule has 0 aromatic heterocycles. The van der Waals surface area contributed by atoms with Gasteiger partial charge in [0.2, 0.25) is 0 Å². The number of cyclic esters (lactones) is 1. The molecule has 1 N–H and O–H groups in total. The van der Waals surface area contributed by atoms with E-state index in [9.17, 15) is 4.79 Å². The van der Waals surface area contributed by atoms with Crippen LogP contribution in [-0.2, 0) is 4.74 Å². The van der Waals surface area contributed by atoms with Gasteiger partial charge >= 0.3 is 6.09 Å². The van der Waals surface area contributed by atoms with Crippen molar-refractivity contribution in [3.05, 3.63) is 40.1 Å². The number of carbonyl (C=O) groups excluding carboxylic acids is 1. The normalized spacial score (nSPS) is 15.4. The Morgan fingerprint density at radius 1 is 1.47 bits per heavy atom. The number of nitrogens with zero attached hydrogens (tertiary/aromatic N) is 1. The van der Waals surface area contributed by atoms with Crippen LogP contribution in [0.2, 0.25) is 0 Å². The largest absolute Gasteiger partial charge is 0.447 e. The van der Waals surface area contributed by atoms with E-state index >= 15 is 0 Å². The molecule has 1 aromatic rings. The highest BCUT2D eigenvalue weighted by Crippen LogP contribution is 2.16. The molecular weight excluding hydrogens is 331 g/mol. The highest BCUT2D eigenvalue weighted by molar-refractivity contribution is 14.1. The van der Waals surface area contributed by atoms with Crippen LogP contribution in [0.25, 0.3) is 0 Å². The molecule has 1 aliphatic heterocycles. The van der Waals surface area contributed by atoms with Crippen molar-refractivity contribution in [3.8, 4) is 0 Å². The van der Waals surface area contributed by atoms with Crippen LogP contribution < -0.4 is 5.32 Å². The summed E-state index contributed by atoms with van der Waals surface area (Å²) in [6, 6.07) is 8.07. The summed E-state index contributed by atoms with van der Waals surface area (Å²) < 4.78 is 5.99. The maximum Gasteiger partial charge on any atom is 0.413 e. The van der Waals surface area contributed by atoms with Gasteiger partial charge in [-0.3, -0.25) is 4.90 Å². The van der Waals surface area contributed by atoms with Crippen molar-refractivity contribution >= 4 is 34.4 Å². The highest BCUT2D eigenvalue weighted by atomic mass is 127. The van der Waals surface area contributed by atoms with E-state index in [4.69, 9.17) is 4.74 Å². The number of hydrogen-bond acceptors (Lipinski definition) is 3. The fraction of sp³-hybridized carbons (Fsp3) is 0.250. The first-order valence-corrected chi connectivity index (χ1v) is 6.44. The zero-order chi connectivity index (χ0) is 12.1. The number of amides is 1. The first kappa shape index (κ1) is 12.2. The molecule has 1 aliphatic rings. The molecule has 0 saturated carbocycles. The number of hydrogen-bond donors (Lipinski definition) is 1. The predicted molar refractivity (Wildman–Crippen MR) is 74.8 cm³/mol. The quantitative estimate of drug-likeness (QED) is 0.854. The third-order valence-electron chi connectivity index (χ3n) is 2.36. The summed E-state index contributed by atoms with van der Waals surface area (Å²) in [6.07, 6.45) is 3.41. The van der Waals surface area contributed by atoms with Gasteiger partial charge < -0.3 is 10.1 Å². The second-order valence-corrected chi connectivity index (χ2v) is 4.72. The van der Waals surface area contributed by atoms with Gasteiger partial charge in [-0.25, -0.2) is 4.79 Å². The molecule has 0 unspecified atom stereocenters. The number of ether oxygens (including phenoxy) is 1. The predicted octanol–water partition coefficient (Wildman–Crippen LogP) is 2.67. The Morgan fingerprint density at radius 3 is 3.00 bits per heavy atom. The molecule has 1 fully saturated rings. The lowest BCUT2D eigenvalue weighted by Crippen LogP contribution is -2.17. The first-order chi connectivity index (χ1) is 8.27. The van der Waals surface area contributed by atoms with E-state index in [0.717, 1.165) is 5.69 Å². The lowest BCUT2D eigenvalue weighted by Gasteiger charge is -2.07. The molecule has 0 atom stereocenters. The number of carbonyl (C=O) groups is 1. The van der Waals surface area contributed by atoms with Gasteiger partial charge in [0.15, 0.2) is 0 Å². The Morgan fingerprint density at radius 2 is 2.29 bits per heavy atom. The number of anilines is 1. The maximum atomic E-state index is 11.1. The van der Waals surface area contributed by atoms with Crippen LogP contribution in [0.1, 0.15) is 0 Å². The van der Waals surface area contributed by atoms with Crippen molar-refractivity contribution in [1.29, 1.82) is 0 Å². The topological polar surface area (TPSA) is 41.6 Å². The van der Waals surface area contributed by atoms with E-state index in [2.05, 4.69) is 27.9 Å². The summed E-state index contributed by atoms with van der Waals surface area (Å²) in [7, 11) is 0. The van der Waals surface area contributed by atoms with Crippen molar-refractivity contribution in [1.82, 2.24) is 4.90 Å². The molecular formula is C12H13IN2O2. The minimum Gasteiger partial charge on any atom is -0.447 e. The summed E-state index contributed by atoms with van der Waals surface area (Å²) in [6.45, 7) is 1.80. The van der Waals surface area contributed by atoms with E-state index in [1.54, 1.807) is 11.1 Å². The number of nitrogens with one attached hydrogen (secondary N) is 1. The van der Waals surface area contributed by atoms with Gasteiger partial charge in [-0.05, 0) is 40.8 Å². The van der Waals surface area contributed by atoms with E-state index in [0.29, 0.717) is 19.7 Å². The van der Waals surface area contributed by atoms with Gasteiger partial charge in [0.1, 0.15) is 6.61 Å². The average molecular weight is 344 g/mol. The van der Waals surface area contributed by atoms with Gasteiger partial charge in [-0.1, -0.05) is 12.1 Å². The van der Waals surface area contributed by atoms with Gasteiger partial charge in [0.25, 0.3) is 0 Å². The zero-order valence-corrected chi connectivity index (χ0v) is 11.4. The lowest BCUT2D eigenvalue weighted by molar-refractivity contribution is 0.166. The molecule has 0 aliphatic carbocycles. The standard InChI is InChI=1S/C12H13IN2O2/c13-10-4-1-2-5-11(10)14-6-3-7-15-8-9-17-12(15)16/h1-5,7,14H,6,8-9H2/b7-3+. The van der Waals surface area contributed by atoms with Gasteiger partial charge in [0, 0.05) is 22.0 Å². The molecule has 4 nitrogen and oxygen atoms in total. The number of halogens is 1. The molecule has 0 bridgehead atoms. The van der Waals surface area contributed by atoms with Crippen molar-refractivity contribution in [2.75, 3.05) is 25.0 Å². The summed E-state index contributed by atoms with van der Waals surface area (Å²) in [5.74, 6) is 0. The van der Waals surface area contributed by atoms with Crippen LogP contribution in [0.3, 0.4) is 0 Å². The maximum absolute atomic E-state index is 11.1. The van der Waals surface area contributed by atoms with E-state index in [-0.39, 0.29) is 6.09 Å². The van der Waals surface area contributed by atoms with Crippen LogP contribution in [-0.4, -0.2) is 30.7 Å². The molecule has 2 rings (SSSR count). The first-order valence-electron chi connectivity index (χ1n) is 5.36. The van der Waals surface area contributed by atoms with Crippen molar-refractivity contribution in [2.24, 2.45) is 0 Å². The van der Waals surface area contributed by atoms with Gasteiger partial charge in [-0.15, -0.1) is 0 Å². The van der Waals surface area contributed by atoms with Crippen LogP contribution >= 0.6 is 22.6 Å². The Hall–Kier alpha value is -1.24. The smallest absolute Gasteiger partial charge is 0.413 e. The Labute approximate surface area is 114 Å². The van der Waals surface area contributed by atoms with E-state index < -0.39 is 0 Å². The summed E-state index contributed by atoms with van der Waals surface area (Å²) in [5.41, 5.74) is 1.10. The third kappa shape index (κ3) is 3.36. The van der Waals surface area contributed by atoms with Crippen molar-refractivity contribution < 1.29 is 9.53 Å². The number of benzene rings is 1. The average Bonchev–Trinajstić information content (AvgIpc) is 2.73. The lowest BCUT2D eigenvalue weighted by atomic mass is 10.3. The Bertz CT molecular complexity index is 434. The molecule has 90 valence electrons. The van der Waals surface area contributed by atoms with Crippen molar-refractivity contribution in [2.45, 2.75) is 0 Å². The van der Waals surface area contributed by atoms with Crippen LogP contribution in [0, 0.1) is 3.57 Å². The molecule has 1 heterocycles. The third-order valence-corrected chi connectivity index (χ3v) is 3.30.